The number of carbonyl (C=O) groups excluding carboxylic acids is 1. The average Bonchev–Trinajstić information content (AvgIpc) is 3.41. The zero-order chi connectivity index (χ0) is 20.2. The molecule has 144 valence electrons. The topological polar surface area (TPSA) is 116 Å². The van der Waals surface area contributed by atoms with Crippen LogP contribution in [-0.2, 0) is 0 Å². The molecule has 0 saturated heterocycles. The number of rotatable bonds is 3. The van der Waals surface area contributed by atoms with Crippen molar-refractivity contribution < 1.29 is 4.79 Å². The summed E-state index contributed by atoms with van der Waals surface area (Å²) in [7, 11) is 0. The van der Waals surface area contributed by atoms with E-state index in [9.17, 15) is 4.79 Å². The van der Waals surface area contributed by atoms with Crippen molar-refractivity contribution >= 4 is 17.1 Å². The minimum absolute atomic E-state index is 0.0386. The van der Waals surface area contributed by atoms with Gasteiger partial charge in [0.1, 0.15) is 11.3 Å². The third-order valence-corrected chi connectivity index (χ3v) is 4.24. The zero-order valence-corrected chi connectivity index (χ0v) is 15.7. The van der Waals surface area contributed by atoms with Crippen molar-refractivity contribution in [1.29, 1.82) is 0 Å². The lowest BCUT2D eigenvalue weighted by atomic mass is 10.2. The van der Waals surface area contributed by atoms with Gasteiger partial charge < -0.3 is 14.5 Å². The zero-order valence-electron chi connectivity index (χ0n) is 15.7. The molecule has 0 radical (unpaired) electrons. The highest BCUT2D eigenvalue weighted by molar-refractivity contribution is 5.98. The van der Waals surface area contributed by atoms with Crippen molar-refractivity contribution in [2.75, 3.05) is 6.54 Å². The van der Waals surface area contributed by atoms with E-state index in [1.165, 1.54) is 0 Å². The van der Waals surface area contributed by atoms with Crippen LogP contribution in [0.5, 0.6) is 0 Å². The van der Waals surface area contributed by atoms with E-state index in [0.29, 0.717) is 11.4 Å². The summed E-state index contributed by atoms with van der Waals surface area (Å²) in [4.78, 5) is 23.8. The van der Waals surface area contributed by atoms with E-state index < -0.39 is 0 Å². The van der Waals surface area contributed by atoms with Gasteiger partial charge in [0.2, 0.25) is 0 Å². The van der Waals surface area contributed by atoms with Crippen LogP contribution in [-0.4, -0.2) is 46.3 Å². The van der Waals surface area contributed by atoms with E-state index >= 15 is 0 Å². The second-order valence-corrected chi connectivity index (χ2v) is 6.26. The Balaban J connectivity index is 0.000000145. The first kappa shape index (κ1) is 18.4. The smallest absolute Gasteiger partial charge is 0.182 e. The monoisotopic (exact) mass is 386 g/mol. The molecule has 0 aromatic carbocycles. The number of nitrogens with zero attached hydrogens (tertiary/aromatic N) is 7. The van der Waals surface area contributed by atoms with E-state index in [1.54, 1.807) is 36.9 Å². The largest absolute Gasteiger partial charge is 0.324 e. The molecule has 0 unspecified atom stereocenters. The first-order chi connectivity index (χ1) is 14.1. The maximum Gasteiger partial charge on any atom is 0.182 e. The highest BCUT2D eigenvalue weighted by Gasteiger charge is 2.04. The minimum atomic E-state index is -0.0644. The Morgan fingerprint density at radius 3 is 2.38 bits per heavy atom. The second-order valence-electron chi connectivity index (χ2n) is 6.26. The number of hydrogen-bond acceptors (Lipinski definition) is 7. The second kappa shape index (κ2) is 7.95. The molecule has 5 rings (SSSR count). The van der Waals surface area contributed by atoms with Gasteiger partial charge in [0, 0.05) is 48.3 Å². The Kier molecular flexibility index (Phi) is 5.04. The van der Waals surface area contributed by atoms with Gasteiger partial charge in [-0.1, -0.05) is 0 Å². The Morgan fingerprint density at radius 2 is 1.69 bits per heavy atom. The molecular weight excluding hydrogens is 368 g/mol. The summed E-state index contributed by atoms with van der Waals surface area (Å²) in [5, 5.41) is 7.89. The summed E-state index contributed by atoms with van der Waals surface area (Å²) < 4.78 is 3.78. The number of aryl methyl sites for hydroxylation is 1. The van der Waals surface area contributed by atoms with E-state index in [2.05, 4.69) is 25.1 Å². The highest BCUT2D eigenvalue weighted by Crippen LogP contribution is 2.15. The molecule has 0 aliphatic rings. The highest BCUT2D eigenvalue weighted by atomic mass is 16.1. The lowest BCUT2D eigenvalue weighted by molar-refractivity contribution is 0.100. The quantitative estimate of drug-likeness (QED) is 0.471. The number of hydrogen-bond donors (Lipinski definition) is 1. The van der Waals surface area contributed by atoms with Gasteiger partial charge in [0.25, 0.3) is 0 Å². The number of fused-ring (bicyclic) bond motifs is 2. The molecule has 0 bridgehead atoms. The molecule has 2 N–H and O–H groups in total. The van der Waals surface area contributed by atoms with Crippen molar-refractivity contribution in [2.45, 2.75) is 6.92 Å². The summed E-state index contributed by atoms with van der Waals surface area (Å²) in [6, 6.07) is 7.36. The van der Waals surface area contributed by atoms with Crippen LogP contribution in [0.4, 0.5) is 0 Å². The van der Waals surface area contributed by atoms with Crippen LogP contribution in [0.15, 0.2) is 67.6 Å². The van der Waals surface area contributed by atoms with E-state index in [4.69, 9.17) is 5.73 Å². The van der Waals surface area contributed by atoms with E-state index in [-0.39, 0.29) is 12.3 Å². The van der Waals surface area contributed by atoms with Gasteiger partial charge in [0.05, 0.1) is 18.4 Å². The molecule has 9 heteroatoms. The van der Waals surface area contributed by atoms with Gasteiger partial charge in [-0.15, -0.1) is 5.10 Å². The summed E-state index contributed by atoms with van der Waals surface area (Å²) >= 11 is 0. The van der Waals surface area contributed by atoms with Crippen LogP contribution in [0.3, 0.4) is 0 Å². The maximum absolute atomic E-state index is 11.2. The molecule has 0 aliphatic carbocycles. The van der Waals surface area contributed by atoms with Crippen molar-refractivity contribution in [3.05, 3.63) is 78.9 Å². The summed E-state index contributed by atoms with van der Waals surface area (Å²) in [6.45, 7) is 1.93. The Labute approximate surface area is 165 Å². The van der Waals surface area contributed by atoms with Crippen LogP contribution in [0.1, 0.15) is 16.1 Å². The van der Waals surface area contributed by atoms with Gasteiger partial charge in [0.15, 0.2) is 11.6 Å². The number of aromatic nitrogens is 7. The molecule has 5 heterocycles. The van der Waals surface area contributed by atoms with E-state index in [0.717, 1.165) is 22.6 Å². The third-order valence-electron chi connectivity index (χ3n) is 4.24. The molecule has 0 amide bonds. The SMILES string of the molecule is Cc1cnnc(-c2ccn3ccnc3c2)n1.NCC(=O)c1ccn2ccnc2c1. The Bertz CT molecular complexity index is 1290. The van der Waals surface area contributed by atoms with E-state index in [1.807, 2.05) is 46.4 Å². The maximum atomic E-state index is 11.2. The molecule has 0 atom stereocenters. The van der Waals surface area contributed by atoms with Crippen LogP contribution in [0.25, 0.3) is 22.7 Å². The number of carbonyl (C=O) groups is 1. The number of Topliss-reactive ketones (excluding diaryl/α,β-unsaturated/α-hetero) is 1. The van der Waals surface area contributed by atoms with Gasteiger partial charge in [-0.3, -0.25) is 4.79 Å². The van der Waals surface area contributed by atoms with Gasteiger partial charge >= 0.3 is 0 Å². The Morgan fingerprint density at radius 1 is 1.00 bits per heavy atom. The molecule has 0 fully saturated rings. The molecule has 0 saturated carbocycles. The molecule has 9 nitrogen and oxygen atoms in total. The lowest BCUT2D eigenvalue weighted by Gasteiger charge is -2.00. The third kappa shape index (κ3) is 3.99. The fourth-order valence-corrected chi connectivity index (χ4v) is 2.76. The number of pyridine rings is 2. The van der Waals surface area contributed by atoms with Gasteiger partial charge in [-0.25, -0.2) is 15.0 Å². The molecule has 5 aromatic heterocycles. The fourth-order valence-electron chi connectivity index (χ4n) is 2.76. The standard InChI is InChI=1S/C11H9N5.C9H9N3O/c1-8-7-13-15-11(14-8)9-2-4-16-5-3-12-10(16)6-9;10-6-8(13)7-1-3-12-4-2-11-9(12)5-7/h2-7H,1H3;1-5H,6,10H2. The van der Waals surface area contributed by atoms with Crippen LogP contribution in [0.2, 0.25) is 0 Å². The summed E-state index contributed by atoms with van der Waals surface area (Å²) in [5.41, 5.74) is 9.28. The predicted octanol–water partition coefficient (Wildman–Crippen LogP) is 1.97. The van der Waals surface area contributed by atoms with Gasteiger partial charge in [-0.05, 0) is 31.2 Å². The molecular formula is C20H18N8O. The Hall–Kier alpha value is -3.98. The van der Waals surface area contributed by atoms with Crippen molar-refractivity contribution in [2.24, 2.45) is 5.73 Å². The van der Waals surface area contributed by atoms with Crippen LogP contribution in [0, 0.1) is 6.92 Å². The first-order valence-electron chi connectivity index (χ1n) is 8.89. The minimum Gasteiger partial charge on any atom is -0.324 e. The number of ketones is 1. The average molecular weight is 386 g/mol. The van der Waals surface area contributed by atoms with Gasteiger partial charge in [-0.2, -0.15) is 5.10 Å². The predicted molar refractivity (Wildman–Crippen MR) is 107 cm³/mol. The lowest BCUT2D eigenvalue weighted by Crippen LogP contribution is -2.13. The van der Waals surface area contributed by atoms with Crippen LogP contribution < -0.4 is 5.73 Å². The first-order valence-corrected chi connectivity index (χ1v) is 8.89. The van der Waals surface area contributed by atoms with Crippen LogP contribution >= 0.6 is 0 Å². The summed E-state index contributed by atoms with van der Waals surface area (Å²) in [5.74, 6) is 0.566. The normalized spacial score (nSPS) is 10.7. The molecule has 0 aliphatic heterocycles. The summed E-state index contributed by atoms with van der Waals surface area (Å²) in [6.07, 6.45) is 12.5. The molecule has 5 aromatic rings. The number of imidazole rings is 2. The molecule has 0 spiro atoms. The fraction of sp³-hybridized carbons (Fsp3) is 0.100. The van der Waals surface area contributed by atoms with Crippen molar-refractivity contribution in [3.8, 4) is 11.4 Å². The molecule has 29 heavy (non-hydrogen) atoms. The van der Waals surface area contributed by atoms with Crippen molar-refractivity contribution in [1.82, 2.24) is 34.0 Å². The van der Waals surface area contributed by atoms with Crippen molar-refractivity contribution in [3.63, 3.8) is 0 Å². The number of nitrogens with two attached hydrogens (primary N) is 1.